The zero-order valence-electron chi connectivity index (χ0n) is 17.1. The van der Waals surface area contributed by atoms with Crippen LogP contribution in [0.25, 0.3) is 0 Å². The Morgan fingerprint density at radius 3 is 2.41 bits per heavy atom. The predicted molar refractivity (Wildman–Crippen MR) is 109 cm³/mol. The predicted octanol–water partition coefficient (Wildman–Crippen LogP) is 3.43. The lowest BCUT2D eigenvalue weighted by Crippen LogP contribution is -2.36. The van der Waals surface area contributed by atoms with Crippen LogP contribution in [0.4, 0.5) is 0 Å². The van der Waals surface area contributed by atoms with Gasteiger partial charge in [-0.25, -0.2) is 4.79 Å². The summed E-state index contributed by atoms with van der Waals surface area (Å²) in [5.41, 5.74) is 3.00. The van der Waals surface area contributed by atoms with Gasteiger partial charge in [0.2, 0.25) is 0 Å². The standard InChI is InChI=1S/C23H27NO5/c1-16-4-5-17(2)21(12-16)28-15-23(26)29-14-22(25)24(19-8-9-19)13-18-6-10-20(27-3)11-7-18/h4-7,10-12,19H,8-9,13-15H2,1-3H3. The Morgan fingerprint density at radius 2 is 1.76 bits per heavy atom. The number of carbonyl (C=O) groups excluding carboxylic acids is 2. The lowest BCUT2D eigenvalue weighted by atomic mass is 10.1. The molecule has 6 heteroatoms. The maximum Gasteiger partial charge on any atom is 0.344 e. The third-order valence-electron chi connectivity index (χ3n) is 4.87. The normalized spacial score (nSPS) is 12.9. The Bertz CT molecular complexity index is 858. The van der Waals surface area contributed by atoms with E-state index in [2.05, 4.69) is 0 Å². The number of esters is 1. The van der Waals surface area contributed by atoms with Crippen LogP contribution < -0.4 is 9.47 Å². The summed E-state index contributed by atoms with van der Waals surface area (Å²) in [6.07, 6.45) is 1.96. The minimum atomic E-state index is -0.556. The summed E-state index contributed by atoms with van der Waals surface area (Å²) in [4.78, 5) is 26.4. The number of hydrogen-bond donors (Lipinski definition) is 0. The van der Waals surface area contributed by atoms with Gasteiger partial charge in [0.25, 0.3) is 5.91 Å². The molecule has 2 aromatic carbocycles. The van der Waals surface area contributed by atoms with Gasteiger partial charge in [0.15, 0.2) is 13.2 Å². The minimum Gasteiger partial charge on any atom is -0.497 e. The summed E-state index contributed by atoms with van der Waals surface area (Å²) in [6, 6.07) is 13.6. The highest BCUT2D eigenvalue weighted by Gasteiger charge is 2.33. The van der Waals surface area contributed by atoms with Crippen molar-refractivity contribution < 1.29 is 23.8 Å². The van der Waals surface area contributed by atoms with Gasteiger partial charge in [-0.3, -0.25) is 4.79 Å². The lowest BCUT2D eigenvalue weighted by molar-refractivity contribution is -0.154. The Kier molecular flexibility index (Phi) is 6.75. The zero-order chi connectivity index (χ0) is 20.8. The summed E-state index contributed by atoms with van der Waals surface area (Å²) in [5.74, 6) is 0.672. The molecule has 0 saturated heterocycles. The number of aryl methyl sites for hydroxylation is 2. The molecule has 0 heterocycles. The molecule has 1 fully saturated rings. The van der Waals surface area contributed by atoms with Crippen molar-refractivity contribution in [3.05, 3.63) is 59.2 Å². The summed E-state index contributed by atoms with van der Waals surface area (Å²) in [6.45, 7) is 3.86. The van der Waals surface area contributed by atoms with Gasteiger partial charge in [-0.15, -0.1) is 0 Å². The maximum absolute atomic E-state index is 12.6. The van der Waals surface area contributed by atoms with E-state index in [9.17, 15) is 9.59 Å². The third-order valence-corrected chi connectivity index (χ3v) is 4.87. The fourth-order valence-corrected chi connectivity index (χ4v) is 3.00. The van der Waals surface area contributed by atoms with Crippen molar-refractivity contribution >= 4 is 11.9 Å². The van der Waals surface area contributed by atoms with Crippen molar-refractivity contribution in [1.29, 1.82) is 0 Å². The molecule has 1 aliphatic carbocycles. The first-order valence-corrected chi connectivity index (χ1v) is 9.74. The van der Waals surface area contributed by atoms with Gasteiger partial charge in [0, 0.05) is 12.6 Å². The average molecular weight is 397 g/mol. The number of nitrogens with zero attached hydrogens (tertiary/aromatic N) is 1. The molecule has 0 atom stereocenters. The van der Waals surface area contributed by atoms with Crippen molar-refractivity contribution in [2.75, 3.05) is 20.3 Å². The highest BCUT2D eigenvalue weighted by atomic mass is 16.6. The highest BCUT2D eigenvalue weighted by Crippen LogP contribution is 2.29. The molecular formula is C23H27NO5. The van der Waals surface area contributed by atoms with Gasteiger partial charge >= 0.3 is 5.97 Å². The van der Waals surface area contributed by atoms with Crippen LogP contribution in [-0.4, -0.2) is 43.1 Å². The van der Waals surface area contributed by atoms with E-state index in [0.29, 0.717) is 12.3 Å². The Labute approximate surface area is 171 Å². The molecule has 1 saturated carbocycles. The molecule has 1 amide bonds. The molecular weight excluding hydrogens is 370 g/mol. The van der Waals surface area contributed by atoms with Gasteiger partial charge in [-0.05, 0) is 61.6 Å². The molecule has 6 nitrogen and oxygen atoms in total. The van der Waals surface area contributed by atoms with Gasteiger partial charge < -0.3 is 19.1 Å². The Morgan fingerprint density at radius 1 is 1.03 bits per heavy atom. The zero-order valence-corrected chi connectivity index (χ0v) is 17.1. The summed E-state index contributed by atoms with van der Waals surface area (Å²) in [7, 11) is 1.62. The number of methoxy groups -OCH3 is 1. The van der Waals surface area contributed by atoms with Crippen molar-refractivity contribution in [3.8, 4) is 11.5 Å². The summed E-state index contributed by atoms with van der Waals surface area (Å²) < 4.78 is 15.9. The third kappa shape index (κ3) is 5.98. The topological polar surface area (TPSA) is 65.1 Å². The van der Waals surface area contributed by atoms with Crippen molar-refractivity contribution in [2.24, 2.45) is 0 Å². The number of benzene rings is 2. The number of amides is 1. The first-order chi connectivity index (χ1) is 14.0. The molecule has 0 aliphatic heterocycles. The molecule has 0 aromatic heterocycles. The van der Waals surface area contributed by atoms with E-state index in [1.165, 1.54) is 0 Å². The fraction of sp³-hybridized carbons (Fsp3) is 0.391. The smallest absolute Gasteiger partial charge is 0.344 e. The first-order valence-electron chi connectivity index (χ1n) is 9.74. The molecule has 2 aromatic rings. The second-order valence-electron chi connectivity index (χ2n) is 7.32. The summed E-state index contributed by atoms with van der Waals surface area (Å²) in [5, 5.41) is 0. The van der Waals surface area contributed by atoms with Crippen molar-refractivity contribution in [3.63, 3.8) is 0 Å². The van der Waals surface area contributed by atoms with Crippen LogP contribution >= 0.6 is 0 Å². The maximum atomic E-state index is 12.6. The Hall–Kier alpha value is -3.02. The van der Waals surface area contributed by atoms with Crippen LogP contribution in [0.3, 0.4) is 0 Å². The minimum absolute atomic E-state index is 0.191. The van der Waals surface area contributed by atoms with E-state index in [0.717, 1.165) is 35.3 Å². The van der Waals surface area contributed by atoms with Crippen LogP contribution in [0.5, 0.6) is 11.5 Å². The van der Waals surface area contributed by atoms with Crippen molar-refractivity contribution in [1.82, 2.24) is 4.90 Å². The first kappa shape index (κ1) is 20.7. The molecule has 29 heavy (non-hydrogen) atoms. The largest absolute Gasteiger partial charge is 0.497 e. The molecule has 3 rings (SSSR count). The molecule has 0 unspecified atom stereocenters. The SMILES string of the molecule is COc1ccc(CN(C(=O)COC(=O)COc2cc(C)ccc2C)C2CC2)cc1. The van der Waals surface area contributed by atoms with Crippen LogP contribution in [0.15, 0.2) is 42.5 Å². The van der Waals surface area contributed by atoms with Gasteiger partial charge in [0.1, 0.15) is 11.5 Å². The van der Waals surface area contributed by atoms with Crippen LogP contribution in [-0.2, 0) is 20.9 Å². The van der Waals surface area contributed by atoms with E-state index in [-0.39, 0.29) is 25.2 Å². The highest BCUT2D eigenvalue weighted by molar-refractivity contribution is 5.81. The molecule has 0 bridgehead atoms. The molecule has 0 radical (unpaired) electrons. The molecule has 0 N–H and O–H groups in total. The summed E-state index contributed by atoms with van der Waals surface area (Å²) >= 11 is 0. The van der Waals surface area contributed by atoms with Crippen LogP contribution in [0, 0.1) is 13.8 Å². The van der Waals surface area contributed by atoms with E-state index < -0.39 is 5.97 Å². The number of ether oxygens (including phenoxy) is 3. The fourth-order valence-electron chi connectivity index (χ4n) is 3.00. The van der Waals surface area contributed by atoms with Crippen LogP contribution in [0.2, 0.25) is 0 Å². The number of hydrogen-bond acceptors (Lipinski definition) is 5. The average Bonchev–Trinajstić information content (AvgIpc) is 3.56. The molecule has 154 valence electrons. The Balaban J connectivity index is 1.49. The second-order valence-corrected chi connectivity index (χ2v) is 7.32. The monoisotopic (exact) mass is 397 g/mol. The van der Waals surface area contributed by atoms with E-state index >= 15 is 0 Å². The van der Waals surface area contributed by atoms with Gasteiger partial charge in [-0.2, -0.15) is 0 Å². The van der Waals surface area contributed by atoms with Gasteiger partial charge in [0.05, 0.1) is 7.11 Å². The van der Waals surface area contributed by atoms with E-state index in [1.54, 1.807) is 12.0 Å². The van der Waals surface area contributed by atoms with E-state index in [4.69, 9.17) is 14.2 Å². The molecule has 1 aliphatic rings. The quantitative estimate of drug-likeness (QED) is 0.607. The lowest BCUT2D eigenvalue weighted by Gasteiger charge is -2.22. The van der Waals surface area contributed by atoms with E-state index in [1.807, 2.05) is 56.3 Å². The van der Waals surface area contributed by atoms with Gasteiger partial charge in [-0.1, -0.05) is 24.3 Å². The number of rotatable bonds is 9. The second kappa shape index (κ2) is 9.45. The van der Waals surface area contributed by atoms with Crippen LogP contribution in [0.1, 0.15) is 29.5 Å². The molecule has 0 spiro atoms. The van der Waals surface area contributed by atoms with Crippen molar-refractivity contribution in [2.45, 2.75) is 39.3 Å². The number of carbonyl (C=O) groups is 2.